The van der Waals surface area contributed by atoms with Crippen LogP contribution in [0.5, 0.6) is 11.5 Å². The number of nitrogens with zero attached hydrogens (tertiary/aromatic N) is 2. The molecule has 2 heterocycles. The SMILES string of the molecule is COc1ccc(-c2nc(C(=O)NCCCN3CCCC3=O)cs2)cc1OC. The van der Waals surface area contributed by atoms with E-state index in [-0.39, 0.29) is 11.8 Å². The topological polar surface area (TPSA) is 80.8 Å². The lowest BCUT2D eigenvalue weighted by Gasteiger charge is -2.15. The first kappa shape index (κ1) is 19.2. The lowest BCUT2D eigenvalue weighted by atomic mass is 10.2. The predicted molar refractivity (Wildman–Crippen MR) is 103 cm³/mol. The zero-order valence-electron chi connectivity index (χ0n) is 15.5. The molecule has 1 aliphatic heterocycles. The van der Waals surface area contributed by atoms with E-state index in [4.69, 9.17) is 9.47 Å². The predicted octanol–water partition coefficient (Wildman–Crippen LogP) is 2.57. The Morgan fingerprint density at radius 3 is 2.81 bits per heavy atom. The summed E-state index contributed by atoms with van der Waals surface area (Å²) in [6, 6.07) is 5.54. The highest BCUT2D eigenvalue weighted by Crippen LogP contribution is 2.33. The maximum atomic E-state index is 12.3. The zero-order valence-corrected chi connectivity index (χ0v) is 16.3. The third kappa shape index (κ3) is 4.57. The standard InChI is InChI=1S/C19H23N3O4S/c1-25-15-7-6-13(11-16(15)26-2)19-21-14(12-27-19)18(24)20-8-4-10-22-9-3-5-17(22)23/h6-7,11-12H,3-5,8-10H2,1-2H3,(H,20,24). The van der Waals surface area contributed by atoms with E-state index in [1.807, 2.05) is 23.1 Å². The van der Waals surface area contributed by atoms with Crippen molar-refractivity contribution in [1.82, 2.24) is 15.2 Å². The number of benzene rings is 1. The molecule has 2 amide bonds. The molecule has 7 nitrogen and oxygen atoms in total. The van der Waals surface area contributed by atoms with E-state index >= 15 is 0 Å². The molecule has 1 aliphatic rings. The Labute approximate surface area is 162 Å². The van der Waals surface area contributed by atoms with Crippen LogP contribution in [0, 0.1) is 0 Å². The van der Waals surface area contributed by atoms with Gasteiger partial charge in [0.15, 0.2) is 11.5 Å². The van der Waals surface area contributed by atoms with E-state index in [0.717, 1.165) is 30.0 Å². The monoisotopic (exact) mass is 389 g/mol. The highest BCUT2D eigenvalue weighted by atomic mass is 32.1. The number of methoxy groups -OCH3 is 2. The lowest BCUT2D eigenvalue weighted by molar-refractivity contribution is -0.127. The van der Waals surface area contributed by atoms with Gasteiger partial charge < -0.3 is 19.7 Å². The van der Waals surface area contributed by atoms with Gasteiger partial charge in [-0.25, -0.2) is 4.98 Å². The van der Waals surface area contributed by atoms with Gasteiger partial charge in [-0.05, 0) is 31.0 Å². The number of carbonyl (C=O) groups excluding carboxylic acids is 2. The summed E-state index contributed by atoms with van der Waals surface area (Å²) in [6.07, 6.45) is 2.32. The van der Waals surface area contributed by atoms with Crippen LogP contribution in [0.4, 0.5) is 0 Å². The minimum Gasteiger partial charge on any atom is -0.493 e. The van der Waals surface area contributed by atoms with Crippen molar-refractivity contribution in [1.29, 1.82) is 0 Å². The van der Waals surface area contributed by atoms with Gasteiger partial charge in [0.1, 0.15) is 10.7 Å². The number of likely N-dealkylation sites (tertiary alicyclic amines) is 1. The number of hydrogen-bond acceptors (Lipinski definition) is 6. The molecule has 0 atom stereocenters. The first-order valence-electron chi connectivity index (χ1n) is 8.86. The zero-order chi connectivity index (χ0) is 19.2. The molecule has 0 saturated carbocycles. The van der Waals surface area contributed by atoms with Gasteiger partial charge in [0.2, 0.25) is 5.91 Å². The van der Waals surface area contributed by atoms with Crippen molar-refractivity contribution in [2.24, 2.45) is 0 Å². The smallest absolute Gasteiger partial charge is 0.270 e. The van der Waals surface area contributed by atoms with E-state index in [1.54, 1.807) is 19.6 Å². The first-order chi connectivity index (χ1) is 13.1. The van der Waals surface area contributed by atoms with Gasteiger partial charge in [-0.3, -0.25) is 9.59 Å². The Bertz CT molecular complexity index is 821. The Balaban J connectivity index is 1.55. The highest BCUT2D eigenvalue weighted by Gasteiger charge is 2.19. The highest BCUT2D eigenvalue weighted by molar-refractivity contribution is 7.13. The van der Waals surface area contributed by atoms with Crippen molar-refractivity contribution >= 4 is 23.2 Å². The number of hydrogen-bond donors (Lipinski definition) is 1. The van der Waals surface area contributed by atoms with E-state index in [9.17, 15) is 9.59 Å². The van der Waals surface area contributed by atoms with Crippen LogP contribution in [0.3, 0.4) is 0 Å². The fourth-order valence-electron chi connectivity index (χ4n) is 2.98. The number of carbonyl (C=O) groups is 2. The summed E-state index contributed by atoms with van der Waals surface area (Å²) < 4.78 is 10.6. The number of amides is 2. The quantitative estimate of drug-likeness (QED) is 0.702. The second kappa shape index (κ2) is 8.85. The van der Waals surface area contributed by atoms with Crippen LogP contribution in [-0.4, -0.2) is 55.6 Å². The van der Waals surface area contributed by atoms with Crippen LogP contribution in [0.15, 0.2) is 23.6 Å². The molecule has 0 bridgehead atoms. The van der Waals surface area contributed by atoms with Gasteiger partial charge in [0.05, 0.1) is 14.2 Å². The fraction of sp³-hybridized carbons (Fsp3) is 0.421. The third-order valence-electron chi connectivity index (χ3n) is 4.43. The normalized spacial score (nSPS) is 13.7. The molecule has 0 spiro atoms. The molecule has 0 aliphatic carbocycles. The summed E-state index contributed by atoms with van der Waals surface area (Å²) in [5, 5.41) is 5.35. The average Bonchev–Trinajstić information content (AvgIpc) is 3.34. The van der Waals surface area contributed by atoms with Gasteiger partial charge in [-0.2, -0.15) is 0 Å². The molecule has 27 heavy (non-hydrogen) atoms. The maximum Gasteiger partial charge on any atom is 0.270 e. The van der Waals surface area contributed by atoms with Gasteiger partial charge in [0.25, 0.3) is 5.91 Å². The molecule has 0 radical (unpaired) electrons. The molecular formula is C19H23N3O4S. The van der Waals surface area contributed by atoms with Crippen molar-refractivity contribution in [3.05, 3.63) is 29.3 Å². The molecule has 0 unspecified atom stereocenters. The van der Waals surface area contributed by atoms with Crippen LogP contribution in [0.25, 0.3) is 10.6 Å². The molecule has 1 saturated heterocycles. The van der Waals surface area contributed by atoms with Crippen LogP contribution < -0.4 is 14.8 Å². The summed E-state index contributed by atoms with van der Waals surface area (Å²) in [6.45, 7) is 2.03. The second-order valence-electron chi connectivity index (χ2n) is 6.20. The maximum absolute atomic E-state index is 12.3. The molecule has 1 N–H and O–H groups in total. The Hall–Kier alpha value is -2.61. The third-order valence-corrected chi connectivity index (χ3v) is 5.32. The van der Waals surface area contributed by atoms with Crippen molar-refractivity contribution in [3.63, 3.8) is 0 Å². The molecule has 2 aromatic rings. The number of aromatic nitrogens is 1. The van der Waals surface area contributed by atoms with Gasteiger partial charge in [-0.15, -0.1) is 11.3 Å². The summed E-state index contributed by atoms with van der Waals surface area (Å²) in [7, 11) is 3.17. The average molecular weight is 389 g/mol. The molecule has 8 heteroatoms. The summed E-state index contributed by atoms with van der Waals surface area (Å²) in [5.74, 6) is 1.27. The minimum atomic E-state index is -0.203. The van der Waals surface area contributed by atoms with Gasteiger partial charge >= 0.3 is 0 Å². The number of thiazole rings is 1. The summed E-state index contributed by atoms with van der Waals surface area (Å²) in [5.41, 5.74) is 1.26. The minimum absolute atomic E-state index is 0.203. The van der Waals surface area contributed by atoms with Crippen LogP contribution in [-0.2, 0) is 4.79 Å². The number of nitrogens with one attached hydrogen (secondary N) is 1. The van der Waals surface area contributed by atoms with Gasteiger partial charge in [0, 0.05) is 37.0 Å². The number of rotatable bonds is 8. The van der Waals surface area contributed by atoms with E-state index < -0.39 is 0 Å². The molecule has 3 rings (SSSR count). The molecule has 1 aromatic heterocycles. The van der Waals surface area contributed by atoms with E-state index in [2.05, 4.69) is 10.3 Å². The Morgan fingerprint density at radius 2 is 2.11 bits per heavy atom. The van der Waals surface area contributed by atoms with E-state index in [1.165, 1.54) is 11.3 Å². The Morgan fingerprint density at radius 1 is 1.30 bits per heavy atom. The number of ether oxygens (including phenoxy) is 2. The second-order valence-corrected chi connectivity index (χ2v) is 7.06. The van der Waals surface area contributed by atoms with Crippen molar-refractivity contribution in [2.45, 2.75) is 19.3 Å². The molecule has 144 valence electrons. The lowest BCUT2D eigenvalue weighted by Crippen LogP contribution is -2.30. The van der Waals surface area contributed by atoms with Crippen molar-refractivity contribution in [2.75, 3.05) is 33.9 Å². The fourth-order valence-corrected chi connectivity index (χ4v) is 3.78. The van der Waals surface area contributed by atoms with Crippen LogP contribution in [0.2, 0.25) is 0 Å². The first-order valence-corrected chi connectivity index (χ1v) is 9.74. The largest absolute Gasteiger partial charge is 0.493 e. The van der Waals surface area contributed by atoms with E-state index in [0.29, 0.717) is 36.7 Å². The van der Waals surface area contributed by atoms with Gasteiger partial charge in [-0.1, -0.05) is 0 Å². The molecule has 1 aromatic carbocycles. The van der Waals surface area contributed by atoms with Crippen LogP contribution in [0.1, 0.15) is 29.8 Å². The van der Waals surface area contributed by atoms with Crippen molar-refractivity contribution < 1.29 is 19.1 Å². The Kier molecular flexibility index (Phi) is 6.28. The molecular weight excluding hydrogens is 366 g/mol. The summed E-state index contributed by atoms with van der Waals surface area (Å²) in [4.78, 5) is 30.1. The van der Waals surface area contributed by atoms with Crippen molar-refractivity contribution in [3.8, 4) is 22.1 Å². The van der Waals surface area contributed by atoms with Crippen LogP contribution >= 0.6 is 11.3 Å². The summed E-state index contributed by atoms with van der Waals surface area (Å²) >= 11 is 1.40. The molecule has 1 fully saturated rings.